The van der Waals surface area contributed by atoms with Crippen LogP contribution in [0.4, 0.5) is 5.88 Å². The molecule has 2 aromatic carbocycles. The molecule has 0 fully saturated rings. The van der Waals surface area contributed by atoms with Crippen LogP contribution in [0.1, 0.15) is 30.7 Å². The minimum atomic E-state index is -3.85. The zero-order valence-electron chi connectivity index (χ0n) is 18.2. The van der Waals surface area contributed by atoms with Crippen LogP contribution in [0.2, 0.25) is 0 Å². The first-order chi connectivity index (χ1) is 15.3. The smallest absolute Gasteiger partial charge is 0.247 e. The Morgan fingerprint density at radius 2 is 1.97 bits per heavy atom. The molecular formula is C23H25N3O5S. The Morgan fingerprint density at radius 1 is 1.22 bits per heavy atom. The van der Waals surface area contributed by atoms with Crippen molar-refractivity contribution in [3.8, 4) is 16.9 Å². The van der Waals surface area contributed by atoms with Gasteiger partial charge in [-0.15, -0.1) is 0 Å². The van der Waals surface area contributed by atoms with Crippen LogP contribution < -0.4 is 10.1 Å². The average molecular weight is 456 g/mol. The summed E-state index contributed by atoms with van der Waals surface area (Å²) in [5, 5.41) is 6.66. The molecule has 0 bridgehead atoms. The van der Waals surface area contributed by atoms with Gasteiger partial charge < -0.3 is 9.26 Å². The van der Waals surface area contributed by atoms with Crippen molar-refractivity contribution in [3.05, 3.63) is 59.3 Å². The van der Waals surface area contributed by atoms with E-state index in [1.807, 2.05) is 31.2 Å². The number of carbonyl (C=O) groups excluding carboxylic acids is 1. The van der Waals surface area contributed by atoms with E-state index in [1.54, 1.807) is 18.2 Å². The summed E-state index contributed by atoms with van der Waals surface area (Å²) in [6.45, 7) is 3.97. The van der Waals surface area contributed by atoms with E-state index < -0.39 is 10.0 Å². The zero-order chi connectivity index (χ0) is 22.9. The molecule has 0 aliphatic carbocycles. The Balaban J connectivity index is 1.79. The summed E-state index contributed by atoms with van der Waals surface area (Å²) < 4.78 is 39.5. The van der Waals surface area contributed by atoms with Crippen molar-refractivity contribution in [1.82, 2.24) is 9.46 Å². The summed E-state index contributed by atoms with van der Waals surface area (Å²) in [6.07, 6.45) is 1.20. The molecule has 1 aromatic heterocycles. The van der Waals surface area contributed by atoms with Crippen LogP contribution in [0.15, 0.2) is 51.9 Å². The standard InChI is InChI=1S/C23H25N3O5S/c1-4-19-22(23(31-25-19)24-15(2)27)17-9-10-20(30-3)21(13-17)32(28,29)26-12-11-16-7-5-6-8-18(16)14-26/h5-10,13H,4,11-12,14H2,1-3H3,(H,24,27). The van der Waals surface area contributed by atoms with Gasteiger partial charge in [-0.05, 0) is 41.7 Å². The number of aryl methyl sites for hydroxylation is 1. The van der Waals surface area contributed by atoms with E-state index in [2.05, 4.69) is 10.5 Å². The maximum absolute atomic E-state index is 13.7. The molecule has 4 rings (SSSR count). The minimum absolute atomic E-state index is 0.0638. The third-order valence-electron chi connectivity index (χ3n) is 5.55. The van der Waals surface area contributed by atoms with Crippen LogP contribution in [0, 0.1) is 0 Å². The maximum Gasteiger partial charge on any atom is 0.247 e. The lowest BCUT2D eigenvalue weighted by Crippen LogP contribution is -2.36. The first kappa shape index (κ1) is 22.0. The number of anilines is 1. The molecule has 2 heterocycles. The average Bonchev–Trinajstić information content (AvgIpc) is 3.20. The molecule has 3 aromatic rings. The SMILES string of the molecule is CCc1noc(NC(C)=O)c1-c1ccc(OC)c(S(=O)(=O)N2CCc3ccccc3C2)c1. The van der Waals surface area contributed by atoms with Crippen LogP contribution in [-0.2, 0) is 34.2 Å². The van der Waals surface area contributed by atoms with Crippen molar-refractivity contribution in [2.45, 2.75) is 38.1 Å². The molecule has 32 heavy (non-hydrogen) atoms. The van der Waals surface area contributed by atoms with E-state index in [9.17, 15) is 13.2 Å². The normalized spacial score (nSPS) is 14.1. The Morgan fingerprint density at radius 3 is 2.66 bits per heavy atom. The summed E-state index contributed by atoms with van der Waals surface area (Å²) in [4.78, 5) is 11.7. The molecule has 0 spiro atoms. The van der Waals surface area contributed by atoms with Crippen molar-refractivity contribution in [1.29, 1.82) is 0 Å². The van der Waals surface area contributed by atoms with E-state index >= 15 is 0 Å². The van der Waals surface area contributed by atoms with E-state index in [0.29, 0.717) is 42.8 Å². The molecule has 9 heteroatoms. The van der Waals surface area contributed by atoms with Crippen molar-refractivity contribution in [3.63, 3.8) is 0 Å². The van der Waals surface area contributed by atoms with E-state index in [4.69, 9.17) is 9.26 Å². The summed E-state index contributed by atoms with van der Waals surface area (Å²) in [7, 11) is -2.40. The van der Waals surface area contributed by atoms with Crippen LogP contribution in [0.3, 0.4) is 0 Å². The highest BCUT2D eigenvalue weighted by Crippen LogP contribution is 2.38. The molecule has 1 aliphatic rings. The number of rotatable bonds is 6. The molecular weight excluding hydrogens is 430 g/mol. The highest BCUT2D eigenvalue weighted by Gasteiger charge is 2.31. The lowest BCUT2D eigenvalue weighted by atomic mass is 10.0. The van der Waals surface area contributed by atoms with Gasteiger partial charge in [-0.2, -0.15) is 4.31 Å². The molecule has 1 amide bonds. The molecule has 0 saturated heterocycles. The number of sulfonamides is 1. The summed E-state index contributed by atoms with van der Waals surface area (Å²) >= 11 is 0. The number of nitrogens with zero attached hydrogens (tertiary/aromatic N) is 2. The predicted octanol–water partition coefficient (Wildman–Crippen LogP) is 3.62. The molecule has 0 radical (unpaired) electrons. The molecule has 8 nitrogen and oxygen atoms in total. The van der Waals surface area contributed by atoms with Crippen molar-refractivity contribution >= 4 is 21.8 Å². The fourth-order valence-electron chi connectivity index (χ4n) is 3.96. The molecule has 1 N–H and O–H groups in total. The number of amides is 1. The topological polar surface area (TPSA) is 102 Å². The van der Waals surface area contributed by atoms with Gasteiger partial charge in [-0.1, -0.05) is 42.4 Å². The fourth-order valence-corrected chi connectivity index (χ4v) is 5.56. The van der Waals surface area contributed by atoms with Crippen molar-refractivity contribution in [2.24, 2.45) is 0 Å². The second-order valence-electron chi connectivity index (χ2n) is 7.59. The molecule has 1 aliphatic heterocycles. The monoisotopic (exact) mass is 455 g/mol. The first-order valence-electron chi connectivity index (χ1n) is 10.4. The Bertz CT molecular complexity index is 1270. The minimum Gasteiger partial charge on any atom is -0.495 e. The number of benzene rings is 2. The van der Waals surface area contributed by atoms with E-state index in [1.165, 1.54) is 18.3 Å². The molecule has 0 atom stereocenters. The number of ether oxygens (including phenoxy) is 1. The quantitative estimate of drug-likeness (QED) is 0.609. The second-order valence-corrected chi connectivity index (χ2v) is 9.50. The predicted molar refractivity (Wildman–Crippen MR) is 120 cm³/mol. The number of nitrogens with one attached hydrogen (secondary N) is 1. The van der Waals surface area contributed by atoms with Gasteiger partial charge in [-0.3, -0.25) is 10.1 Å². The molecule has 0 saturated carbocycles. The highest BCUT2D eigenvalue weighted by atomic mass is 32.2. The lowest BCUT2D eigenvalue weighted by molar-refractivity contribution is -0.114. The van der Waals surface area contributed by atoms with Gasteiger partial charge in [0, 0.05) is 20.0 Å². The van der Waals surface area contributed by atoms with E-state index in [0.717, 1.165) is 11.1 Å². The first-order valence-corrected chi connectivity index (χ1v) is 11.8. The van der Waals surface area contributed by atoms with Gasteiger partial charge in [0.05, 0.1) is 18.4 Å². The van der Waals surface area contributed by atoms with Gasteiger partial charge in [0.2, 0.25) is 21.8 Å². The lowest BCUT2D eigenvalue weighted by Gasteiger charge is -2.28. The molecule has 0 unspecified atom stereocenters. The second kappa shape index (κ2) is 8.76. The number of hydrogen-bond acceptors (Lipinski definition) is 6. The number of fused-ring (bicyclic) bond motifs is 1. The zero-order valence-corrected chi connectivity index (χ0v) is 19.0. The van der Waals surface area contributed by atoms with Crippen molar-refractivity contribution < 1.29 is 22.5 Å². The van der Waals surface area contributed by atoms with Crippen LogP contribution >= 0.6 is 0 Å². The number of carbonyl (C=O) groups is 1. The molecule has 168 valence electrons. The number of hydrogen-bond donors (Lipinski definition) is 1. The Hall–Kier alpha value is -3.17. The van der Waals surface area contributed by atoms with Crippen LogP contribution in [0.25, 0.3) is 11.1 Å². The van der Waals surface area contributed by atoms with Crippen LogP contribution in [0.5, 0.6) is 5.75 Å². The van der Waals surface area contributed by atoms with Gasteiger partial charge >= 0.3 is 0 Å². The van der Waals surface area contributed by atoms with E-state index in [-0.39, 0.29) is 22.4 Å². The number of methoxy groups -OCH3 is 1. The fraction of sp³-hybridized carbons (Fsp3) is 0.304. The third-order valence-corrected chi connectivity index (χ3v) is 7.42. The highest BCUT2D eigenvalue weighted by molar-refractivity contribution is 7.89. The summed E-state index contributed by atoms with van der Waals surface area (Å²) in [5.41, 5.74) is 3.91. The number of aromatic nitrogens is 1. The van der Waals surface area contributed by atoms with Gasteiger partial charge in [0.15, 0.2) is 0 Å². The van der Waals surface area contributed by atoms with Crippen LogP contribution in [-0.4, -0.2) is 37.4 Å². The maximum atomic E-state index is 13.7. The van der Waals surface area contributed by atoms with Crippen molar-refractivity contribution in [2.75, 3.05) is 19.0 Å². The largest absolute Gasteiger partial charge is 0.495 e. The van der Waals surface area contributed by atoms with Gasteiger partial charge in [-0.25, -0.2) is 8.42 Å². The summed E-state index contributed by atoms with van der Waals surface area (Å²) in [5.74, 6) is 0.136. The Labute approximate surface area is 187 Å². The van der Waals surface area contributed by atoms with Gasteiger partial charge in [0.25, 0.3) is 0 Å². The third kappa shape index (κ3) is 4.01. The van der Waals surface area contributed by atoms with Gasteiger partial charge in [0.1, 0.15) is 10.6 Å². The summed E-state index contributed by atoms with van der Waals surface area (Å²) in [6, 6.07) is 12.8. The Kier molecular flexibility index (Phi) is 6.03.